The number of anilines is 1. The number of halogens is 6. The summed E-state index contributed by atoms with van der Waals surface area (Å²) in [5.41, 5.74) is 3.70. The molecule has 0 spiro atoms. The Kier molecular flexibility index (Phi) is 10.5. The number of nitrogens with zero attached hydrogens (tertiary/aromatic N) is 4. The Morgan fingerprint density at radius 3 is 2.49 bits per heavy atom. The van der Waals surface area contributed by atoms with Crippen molar-refractivity contribution in [1.82, 2.24) is 20.1 Å². The molecule has 15 heteroatoms. The largest absolute Gasteiger partial charge is 0.397 e. The van der Waals surface area contributed by atoms with Gasteiger partial charge in [0.15, 0.2) is 5.82 Å². The van der Waals surface area contributed by atoms with E-state index in [0.717, 1.165) is 17.5 Å². The highest BCUT2D eigenvalue weighted by atomic mass is 19.3. The topological polar surface area (TPSA) is 130 Å². The van der Waals surface area contributed by atoms with E-state index >= 15 is 0 Å². The number of benzene rings is 2. The Morgan fingerprint density at radius 2 is 1.84 bits per heavy atom. The number of pyridine rings is 1. The lowest BCUT2D eigenvalue weighted by Crippen LogP contribution is -2.34. The number of aryl methyl sites for hydroxylation is 1. The number of hydrogen-bond acceptors (Lipinski definition) is 7. The first-order chi connectivity index (χ1) is 24.0. The number of aromatic nitrogens is 3. The molecule has 1 aliphatic carbocycles. The molecular weight excluding hydrogens is 676 g/mol. The van der Waals surface area contributed by atoms with E-state index in [-0.39, 0.29) is 23.4 Å². The van der Waals surface area contributed by atoms with Gasteiger partial charge in [0.05, 0.1) is 22.9 Å². The van der Waals surface area contributed by atoms with Gasteiger partial charge in [-0.3, -0.25) is 14.5 Å². The van der Waals surface area contributed by atoms with Crippen molar-refractivity contribution in [2.75, 3.05) is 18.9 Å². The van der Waals surface area contributed by atoms with Crippen LogP contribution < -0.4 is 16.4 Å². The summed E-state index contributed by atoms with van der Waals surface area (Å²) in [6.07, 6.45) is -4.68. The van der Waals surface area contributed by atoms with Crippen LogP contribution in [0.2, 0.25) is 0 Å². The summed E-state index contributed by atoms with van der Waals surface area (Å²) in [6, 6.07) is 10.4. The van der Waals surface area contributed by atoms with Crippen LogP contribution in [0.4, 0.5) is 32.2 Å². The van der Waals surface area contributed by atoms with Crippen LogP contribution in [-0.4, -0.2) is 63.0 Å². The molecule has 5 N–H and O–H groups in total. The summed E-state index contributed by atoms with van der Waals surface area (Å²) >= 11 is 0. The van der Waals surface area contributed by atoms with E-state index in [1.807, 2.05) is 6.07 Å². The normalized spacial score (nSPS) is 16.7. The molecule has 9 nitrogen and oxygen atoms in total. The zero-order valence-electron chi connectivity index (χ0n) is 28.1. The van der Waals surface area contributed by atoms with Gasteiger partial charge in [-0.05, 0) is 68.5 Å². The van der Waals surface area contributed by atoms with Crippen LogP contribution in [0.25, 0.3) is 22.0 Å². The lowest BCUT2D eigenvalue weighted by Gasteiger charge is -2.22. The van der Waals surface area contributed by atoms with Gasteiger partial charge in [0, 0.05) is 48.7 Å². The van der Waals surface area contributed by atoms with Gasteiger partial charge < -0.3 is 21.5 Å². The Bertz CT molecular complexity index is 2090. The average Bonchev–Trinajstić information content (AvgIpc) is 3.55. The molecule has 51 heavy (non-hydrogen) atoms. The van der Waals surface area contributed by atoms with Gasteiger partial charge in [-0.25, -0.2) is 22.5 Å². The highest BCUT2D eigenvalue weighted by molar-refractivity contribution is 6.08. The summed E-state index contributed by atoms with van der Waals surface area (Å²) in [6.45, 7) is 2.05. The molecule has 1 fully saturated rings. The number of amides is 1. The highest BCUT2D eigenvalue weighted by Gasteiger charge is 2.45. The fourth-order valence-electron chi connectivity index (χ4n) is 5.93. The molecule has 0 aliphatic heterocycles. The van der Waals surface area contributed by atoms with Crippen LogP contribution in [0, 0.1) is 23.5 Å². The number of hydrogen-bond donors (Lipinski definition) is 4. The Balaban J connectivity index is 1.66. The number of carbonyl (C=O) groups is 1. The maximum Gasteiger partial charge on any atom is 0.289 e. The average molecular weight is 712 g/mol. The summed E-state index contributed by atoms with van der Waals surface area (Å²) < 4.78 is 86.6. The van der Waals surface area contributed by atoms with Gasteiger partial charge in [0.2, 0.25) is 5.91 Å². The van der Waals surface area contributed by atoms with Crippen molar-refractivity contribution < 1.29 is 36.2 Å². The van der Waals surface area contributed by atoms with E-state index in [2.05, 4.69) is 32.6 Å². The van der Waals surface area contributed by atoms with E-state index in [1.54, 1.807) is 43.0 Å². The second-order valence-electron chi connectivity index (χ2n) is 12.6. The molecule has 2 aromatic carbocycles. The maximum absolute atomic E-state index is 14.7. The van der Waals surface area contributed by atoms with Crippen molar-refractivity contribution in [1.29, 1.82) is 0 Å². The molecule has 1 amide bonds. The number of fused-ring (bicyclic) bond motifs is 1. The SMILES string of the molecule is CNc1nn(C)c2c(-c3ccc(C#CC(C)(C)O)nc3C(Cc3cc(F)cc(F)c3)NC(=O)CN=C3C(=C(N)C(F)F)CCC3(F)F)cccc12. The first-order valence-corrected chi connectivity index (χ1v) is 15.8. The Hall–Kier alpha value is -5.36. The number of carbonyl (C=O) groups excluding carboxylic acids is 1. The fourth-order valence-corrected chi connectivity index (χ4v) is 5.93. The first-order valence-electron chi connectivity index (χ1n) is 15.8. The molecule has 1 aliphatic rings. The summed E-state index contributed by atoms with van der Waals surface area (Å²) in [5, 5.41) is 21.3. The Labute approximate surface area is 289 Å². The summed E-state index contributed by atoms with van der Waals surface area (Å²) in [7, 11) is 3.45. The third-order valence-electron chi connectivity index (χ3n) is 8.13. The number of aliphatic imine (C=N–C) groups is 1. The lowest BCUT2D eigenvalue weighted by molar-refractivity contribution is -0.120. The predicted octanol–water partition coefficient (Wildman–Crippen LogP) is 5.83. The minimum atomic E-state index is -3.59. The van der Waals surface area contributed by atoms with Crippen molar-refractivity contribution in [3.05, 3.63) is 88.4 Å². The minimum absolute atomic E-state index is 0.123. The van der Waals surface area contributed by atoms with E-state index in [4.69, 9.17) is 10.7 Å². The quantitative estimate of drug-likeness (QED) is 0.128. The summed E-state index contributed by atoms with van der Waals surface area (Å²) in [4.78, 5) is 22.0. The molecule has 0 saturated heterocycles. The zero-order valence-corrected chi connectivity index (χ0v) is 28.1. The summed E-state index contributed by atoms with van der Waals surface area (Å²) in [5.74, 6) is -0.208. The van der Waals surface area contributed by atoms with Crippen molar-refractivity contribution >= 4 is 28.3 Å². The smallest absolute Gasteiger partial charge is 0.289 e. The van der Waals surface area contributed by atoms with Crippen molar-refractivity contribution in [2.45, 2.75) is 57.1 Å². The number of aliphatic hydroxyl groups is 1. The number of nitrogens with one attached hydrogen (secondary N) is 2. The monoisotopic (exact) mass is 711 g/mol. The van der Waals surface area contributed by atoms with Gasteiger partial charge in [0.25, 0.3) is 12.3 Å². The van der Waals surface area contributed by atoms with Gasteiger partial charge in [0.1, 0.15) is 35.2 Å². The van der Waals surface area contributed by atoms with Crippen molar-refractivity contribution in [3.63, 3.8) is 0 Å². The van der Waals surface area contributed by atoms with Crippen LogP contribution in [0.5, 0.6) is 0 Å². The Morgan fingerprint density at radius 1 is 1.14 bits per heavy atom. The van der Waals surface area contributed by atoms with E-state index in [9.17, 15) is 36.2 Å². The molecular formula is C36H35F6N7O2. The first kappa shape index (κ1) is 36.9. The number of nitrogens with two attached hydrogens (primary N) is 1. The van der Waals surface area contributed by atoms with Gasteiger partial charge in [-0.1, -0.05) is 18.1 Å². The zero-order chi connectivity index (χ0) is 37.2. The van der Waals surface area contributed by atoms with E-state index in [0.29, 0.717) is 28.5 Å². The number of allylic oxidation sites excluding steroid dienone is 2. The number of rotatable bonds is 9. The molecule has 268 valence electrons. The fraction of sp³-hybridized carbons (Fsp3) is 0.333. The van der Waals surface area contributed by atoms with Crippen LogP contribution in [0.1, 0.15) is 49.7 Å². The molecule has 4 aromatic rings. The lowest BCUT2D eigenvalue weighted by atomic mass is 9.93. The van der Waals surface area contributed by atoms with Gasteiger partial charge in [-0.2, -0.15) is 13.9 Å². The van der Waals surface area contributed by atoms with Crippen LogP contribution >= 0.6 is 0 Å². The van der Waals surface area contributed by atoms with Crippen LogP contribution in [-0.2, 0) is 18.3 Å². The number of alkyl halides is 4. The predicted molar refractivity (Wildman–Crippen MR) is 181 cm³/mol. The molecule has 1 atom stereocenters. The second-order valence-corrected chi connectivity index (χ2v) is 12.6. The standard InChI is InChI=1S/C36H35F6N7O2/c1-35(2,51)12-10-22-8-9-23(24-6-5-7-26-31(24)49(4)48-34(26)44-3)30(46-22)27(16-19-14-20(37)17-21(38)15-19)47-28(50)18-45-32-25(29(43)33(39)40)11-13-36(32,41)42/h5-9,14-15,17,27,33,51H,11,13,16,18,43H2,1-4H3,(H,44,48)(H,47,50). The molecule has 1 unspecified atom stereocenters. The second kappa shape index (κ2) is 14.5. The number of para-hydroxylation sites is 1. The van der Waals surface area contributed by atoms with Crippen LogP contribution in [0.15, 0.2) is 64.8 Å². The molecule has 5 rings (SSSR count). The molecule has 0 radical (unpaired) electrons. The van der Waals surface area contributed by atoms with Crippen molar-refractivity contribution in [2.24, 2.45) is 17.8 Å². The maximum atomic E-state index is 14.7. The third-order valence-corrected chi connectivity index (χ3v) is 8.13. The third kappa shape index (κ3) is 8.34. The molecule has 1 saturated carbocycles. The molecule has 2 heterocycles. The van der Waals surface area contributed by atoms with Gasteiger partial charge in [-0.15, -0.1) is 0 Å². The highest BCUT2D eigenvalue weighted by Crippen LogP contribution is 2.39. The van der Waals surface area contributed by atoms with E-state index in [1.165, 1.54) is 13.8 Å². The van der Waals surface area contributed by atoms with Crippen molar-refractivity contribution in [3.8, 4) is 23.0 Å². The van der Waals surface area contributed by atoms with Gasteiger partial charge >= 0.3 is 0 Å². The molecule has 0 bridgehead atoms. The van der Waals surface area contributed by atoms with E-state index < -0.39 is 77.9 Å². The minimum Gasteiger partial charge on any atom is -0.397 e. The molecule has 2 aromatic heterocycles. The van der Waals surface area contributed by atoms with Crippen LogP contribution in [0.3, 0.4) is 0 Å².